The highest BCUT2D eigenvalue weighted by atomic mass is 16.5. The molecule has 3 aromatic heterocycles. The van der Waals surface area contributed by atoms with Crippen molar-refractivity contribution in [3.8, 4) is 50.9 Å². The van der Waals surface area contributed by atoms with Gasteiger partial charge in [-0.3, -0.25) is 13.7 Å². The zero-order valence-corrected chi connectivity index (χ0v) is 33.5. The van der Waals surface area contributed by atoms with Gasteiger partial charge in [0.15, 0.2) is 0 Å². The summed E-state index contributed by atoms with van der Waals surface area (Å²) < 4.78 is 99.8. The Morgan fingerprint density at radius 3 is 1.97 bits per heavy atom. The highest BCUT2D eigenvalue weighted by Gasteiger charge is 2.22. The predicted molar refractivity (Wildman–Crippen MR) is 249 cm³/mol. The largest absolute Gasteiger partial charge is 0.457 e. The van der Waals surface area contributed by atoms with Crippen molar-refractivity contribution < 1.29 is 23.0 Å². The molecule has 0 amide bonds. The fourth-order valence-electron chi connectivity index (χ4n) is 8.32. The van der Waals surface area contributed by atoms with E-state index in [0.29, 0.717) is 28.2 Å². The monoisotopic (exact) mass is 796 g/mol. The molecule has 5 nitrogen and oxygen atoms in total. The number of fused-ring (bicyclic) bond motifs is 6. The Morgan fingerprint density at radius 1 is 0.607 bits per heavy atom. The molecule has 0 atom stereocenters. The number of nitrogens with zero attached hydrogens (tertiary/aromatic N) is 4. The fraction of sp³-hybridized carbons (Fsp3) is 0.0714. The van der Waals surface area contributed by atoms with Crippen molar-refractivity contribution in [2.24, 2.45) is 0 Å². The van der Waals surface area contributed by atoms with Crippen LogP contribution in [0.2, 0.25) is 0 Å². The topological polar surface area (TPSA) is 35.9 Å². The Balaban J connectivity index is 1.12. The van der Waals surface area contributed by atoms with E-state index in [1.165, 1.54) is 0 Å². The second-order valence-corrected chi connectivity index (χ2v) is 15.9. The maximum Gasteiger partial charge on any atom is 0.269 e. The summed E-state index contributed by atoms with van der Waals surface area (Å²) in [5, 5.41) is 4.08. The lowest BCUT2D eigenvalue weighted by Gasteiger charge is -2.20. The lowest BCUT2D eigenvalue weighted by Crippen LogP contribution is -2.31. The number of benzene rings is 8. The average molecular weight is 797 g/mol. The number of hydrogen-bond acceptors (Lipinski definition) is 2. The van der Waals surface area contributed by atoms with E-state index in [9.17, 15) is 0 Å². The van der Waals surface area contributed by atoms with Crippen LogP contribution in [-0.4, -0.2) is 14.1 Å². The number of imidazole rings is 1. The molecule has 11 rings (SSSR count). The Kier molecular flexibility index (Phi) is 6.44. The van der Waals surface area contributed by atoms with Crippen molar-refractivity contribution in [2.75, 3.05) is 0 Å². The molecule has 5 heteroatoms. The summed E-state index contributed by atoms with van der Waals surface area (Å²) in [5.74, 6) is 1.92. The average Bonchev–Trinajstić information content (AvgIpc) is 3.93. The van der Waals surface area contributed by atoms with Crippen LogP contribution >= 0.6 is 0 Å². The Labute approximate surface area is 369 Å². The summed E-state index contributed by atoms with van der Waals surface area (Å²) in [6, 6.07) is 37.3. The molecule has 8 aromatic carbocycles. The Hall–Kier alpha value is -7.76. The Morgan fingerprint density at radius 2 is 1.25 bits per heavy atom. The van der Waals surface area contributed by atoms with E-state index in [4.69, 9.17) is 23.4 Å². The molecule has 0 radical (unpaired) electrons. The molecule has 0 spiro atoms. The number of hydrogen-bond donors (Lipinski definition) is 0. The van der Waals surface area contributed by atoms with Gasteiger partial charge in [0.1, 0.15) is 17.3 Å². The van der Waals surface area contributed by atoms with Crippen LogP contribution in [0, 0.1) is 6.33 Å². The number of para-hydroxylation sites is 4. The summed E-state index contributed by atoms with van der Waals surface area (Å²) in [6.07, 6.45) is 5.32. The van der Waals surface area contributed by atoms with Crippen molar-refractivity contribution >= 4 is 43.6 Å². The molecule has 0 fully saturated rings. The maximum atomic E-state index is 9.04. The summed E-state index contributed by atoms with van der Waals surface area (Å²) in [7, 11) is 0. The first-order valence-electron chi connectivity index (χ1n) is 25.0. The van der Waals surface area contributed by atoms with Crippen molar-refractivity contribution in [3.63, 3.8) is 0 Å². The second kappa shape index (κ2) is 14.5. The lowest BCUT2D eigenvalue weighted by molar-refractivity contribution is -0.571. The zero-order chi connectivity index (χ0) is 49.8. The van der Waals surface area contributed by atoms with Crippen molar-refractivity contribution in [3.05, 3.63) is 212 Å². The quantitative estimate of drug-likeness (QED) is 0.119. The minimum atomic E-state index is -0.566. The number of rotatable bonds is 7. The molecule has 0 N–H and O–H groups in total. The SMILES string of the molecule is [2H]c1c([2H])c([2H])c(-c2cccc(-c3c([2H])c([2H])c([2H])c([2H])c3[2H])c2-[n+]2[c-]n(-c3cccc(Oc4cc5c(c6ccccc46)c4ccccc4n5-c4cc(C(C)(C)C)ccn4)c3)c3ccccc32)c([2H])c1[2H]. The third-order valence-electron chi connectivity index (χ3n) is 11.1. The van der Waals surface area contributed by atoms with E-state index in [1.54, 1.807) is 27.3 Å². The summed E-state index contributed by atoms with van der Waals surface area (Å²) in [4.78, 5) is 4.90. The summed E-state index contributed by atoms with van der Waals surface area (Å²) in [6.45, 7) is 6.56. The smallest absolute Gasteiger partial charge is 0.269 e. The van der Waals surface area contributed by atoms with Gasteiger partial charge < -0.3 is 4.74 Å². The Bertz CT molecular complexity index is 3900. The van der Waals surface area contributed by atoms with Crippen LogP contribution in [0.4, 0.5) is 0 Å². The fourth-order valence-corrected chi connectivity index (χ4v) is 8.32. The van der Waals surface area contributed by atoms with Crippen LogP contribution in [0.25, 0.3) is 83.1 Å². The molecule has 0 aliphatic rings. The van der Waals surface area contributed by atoms with Crippen LogP contribution in [-0.2, 0) is 5.41 Å². The minimum absolute atomic E-state index is 0.107. The van der Waals surface area contributed by atoms with E-state index in [0.717, 1.165) is 44.0 Å². The predicted octanol–water partition coefficient (Wildman–Crippen LogP) is 13.8. The summed E-state index contributed by atoms with van der Waals surface area (Å²) >= 11 is 0. The second-order valence-electron chi connectivity index (χ2n) is 15.9. The van der Waals surface area contributed by atoms with Gasteiger partial charge in [-0.05, 0) is 75.0 Å². The molecule has 3 heterocycles. The normalized spacial score (nSPS) is 14.1. The van der Waals surface area contributed by atoms with Gasteiger partial charge in [-0.1, -0.05) is 172 Å². The first kappa shape index (κ1) is 27.1. The molecule has 0 unspecified atom stereocenters. The first-order valence-corrected chi connectivity index (χ1v) is 20.0. The van der Waals surface area contributed by atoms with Crippen molar-refractivity contribution in [2.45, 2.75) is 26.2 Å². The van der Waals surface area contributed by atoms with E-state index in [-0.39, 0.29) is 33.4 Å². The standard InChI is InChI=1S/C56H42N4O/c1-56(2,3)40-32-33-57-53(34-40)60-48-29-13-12-26-47(48)54-46-25-11-10-24-45(46)52(36-51(54)60)61-42-23-16-22-41(35-42)58-37-59(50-31-15-14-30-49(50)58)55-43(38-18-6-4-7-19-38)27-17-28-44(55)39-20-8-5-9-21-39/h4-36H,1-3H3/i4D,5D,6D,7D,8D,9D,18D,19D,20D,21D. The highest BCUT2D eigenvalue weighted by Crippen LogP contribution is 2.43. The maximum absolute atomic E-state index is 9.04. The third-order valence-corrected chi connectivity index (χ3v) is 11.1. The van der Waals surface area contributed by atoms with E-state index in [2.05, 4.69) is 74.1 Å². The van der Waals surface area contributed by atoms with Gasteiger partial charge in [0, 0.05) is 28.4 Å². The van der Waals surface area contributed by atoms with Gasteiger partial charge in [0.25, 0.3) is 6.33 Å². The van der Waals surface area contributed by atoms with Gasteiger partial charge in [-0.15, -0.1) is 0 Å². The lowest BCUT2D eigenvalue weighted by atomic mass is 9.88. The van der Waals surface area contributed by atoms with Crippen molar-refractivity contribution in [1.82, 2.24) is 14.1 Å². The molecular weight excluding hydrogens is 745 g/mol. The summed E-state index contributed by atoms with van der Waals surface area (Å²) in [5.41, 5.74) is 5.06. The van der Waals surface area contributed by atoms with Gasteiger partial charge in [0.05, 0.1) is 47.1 Å². The van der Waals surface area contributed by atoms with Gasteiger partial charge in [-0.2, -0.15) is 0 Å². The minimum Gasteiger partial charge on any atom is -0.457 e. The van der Waals surface area contributed by atoms with Gasteiger partial charge >= 0.3 is 0 Å². The van der Waals surface area contributed by atoms with E-state index < -0.39 is 60.4 Å². The third kappa shape index (κ3) is 6.25. The van der Waals surface area contributed by atoms with E-state index in [1.807, 2.05) is 79.0 Å². The molecule has 292 valence electrons. The van der Waals surface area contributed by atoms with E-state index >= 15 is 0 Å². The van der Waals surface area contributed by atoms with Gasteiger partial charge in [-0.25, -0.2) is 4.98 Å². The molecule has 0 bridgehead atoms. The van der Waals surface area contributed by atoms with Crippen LogP contribution in [0.1, 0.15) is 40.0 Å². The molecular formula is C56H42N4O. The first-order chi connectivity index (χ1) is 34.0. The molecule has 61 heavy (non-hydrogen) atoms. The van der Waals surface area contributed by atoms with Crippen LogP contribution in [0.3, 0.4) is 0 Å². The molecule has 0 saturated heterocycles. The zero-order valence-electron chi connectivity index (χ0n) is 43.5. The molecule has 0 aliphatic carbocycles. The van der Waals surface area contributed by atoms with Crippen LogP contribution < -0.4 is 9.30 Å². The highest BCUT2D eigenvalue weighted by molar-refractivity contribution is 6.22. The molecule has 0 aliphatic heterocycles. The molecule has 0 saturated carbocycles. The number of aromatic nitrogens is 4. The van der Waals surface area contributed by atoms with Gasteiger partial charge in [0.2, 0.25) is 0 Å². The molecule has 11 aromatic rings. The van der Waals surface area contributed by atoms with Crippen molar-refractivity contribution in [1.29, 1.82) is 0 Å². The van der Waals surface area contributed by atoms with Crippen LogP contribution in [0.5, 0.6) is 11.5 Å². The van der Waals surface area contributed by atoms with Crippen LogP contribution in [0.15, 0.2) is 200 Å². The number of pyridine rings is 1. The number of ether oxygens (including phenoxy) is 1.